The van der Waals surface area contributed by atoms with E-state index in [1.165, 1.54) is 12.0 Å². The summed E-state index contributed by atoms with van der Waals surface area (Å²) in [5, 5.41) is 9.47. The number of para-hydroxylation sites is 1. The number of anilines is 1. The van der Waals surface area contributed by atoms with Crippen LogP contribution in [-0.2, 0) is 20.7 Å². The van der Waals surface area contributed by atoms with Gasteiger partial charge in [-0.05, 0) is 59.9 Å². The second-order valence-corrected chi connectivity index (χ2v) is 12.9. The quantitative estimate of drug-likeness (QED) is 0.139. The maximum atomic E-state index is 14.0. The molecule has 4 aromatic rings. The predicted octanol–water partition coefficient (Wildman–Crippen LogP) is 7.03. The Morgan fingerprint density at radius 1 is 0.889 bits per heavy atom. The molecule has 1 saturated heterocycles. The van der Waals surface area contributed by atoms with Crippen molar-refractivity contribution in [3.05, 3.63) is 130 Å². The summed E-state index contributed by atoms with van der Waals surface area (Å²) in [6.07, 6.45) is 1.04. The standard InChI is InChI=1S/C36H38BrN3O4S/c1-43-36(42)40-34(33(26-11-4-2-5-12-26)27-13-6-3-7-14-27)35(41)39-32-15-9-8-10-25(32)16-19-29-22-38-23-30(44-29)24-45-31-20-17-28(37)18-21-31/h2-15,17-18,20-21,29-30,33-34,38H,16,19,22-24H2,1H3,(H,39,41)(H,40,42)/t29-,30+,34+/m1/s1. The molecule has 0 radical (unpaired) electrons. The number of halogens is 1. The Kier molecular flexibility index (Phi) is 12.1. The monoisotopic (exact) mass is 687 g/mol. The first-order valence-corrected chi connectivity index (χ1v) is 16.9. The van der Waals surface area contributed by atoms with E-state index in [0.29, 0.717) is 5.69 Å². The Labute approximate surface area is 277 Å². The van der Waals surface area contributed by atoms with E-state index in [2.05, 4.69) is 56.1 Å². The van der Waals surface area contributed by atoms with Crippen molar-refractivity contribution >= 4 is 45.4 Å². The van der Waals surface area contributed by atoms with E-state index in [4.69, 9.17) is 9.47 Å². The molecular formula is C36H38BrN3O4S. The predicted molar refractivity (Wildman–Crippen MR) is 184 cm³/mol. The van der Waals surface area contributed by atoms with Crippen molar-refractivity contribution in [1.82, 2.24) is 10.6 Å². The molecule has 2 amide bonds. The third-order valence-corrected chi connectivity index (χ3v) is 9.45. The van der Waals surface area contributed by atoms with Gasteiger partial charge in [-0.15, -0.1) is 11.8 Å². The highest BCUT2D eigenvalue weighted by atomic mass is 79.9. The lowest BCUT2D eigenvalue weighted by atomic mass is 9.84. The zero-order valence-electron chi connectivity index (χ0n) is 25.2. The minimum atomic E-state index is -0.926. The molecule has 234 valence electrons. The lowest BCUT2D eigenvalue weighted by Gasteiger charge is -2.31. The number of methoxy groups -OCH3 is 1. The summed E-state index contributed by atoms with van der Waals surface area (Å²) in [5.74, 6) is 0.106. The molecular weight excluding hydrogens is 650 g/mol. The Hall–Kier alpha value is -3.63. The fraction of sp³-hybridized carbons (Fsp3) is 0.278. The minimum absolute atomic E-state index is 0.0623. The number of hydrogen-bond acceptors (Lipinski definition) is 6. The molecule has 1 aliphatic heterocycles. The third kappa shape index (κ3) is 9.43. The Balaban J connectivity index is 1.27. The molecule has 1 aliphatic rings. The van der Waals surface area contributed by atoms with Crippen LogP contribution in [0.5, 0.6) is 0 Å². The van der Waals surface area contributed by atoms with Crippen molar-refractivity contribution < 1.29 is 19.1 Å². The van der Waals surface area contributed by atoms with Gasteiger partial charge in [-0.3, -0.25) is 4.79 Å². The molecule has 7 nitrogen and oxygen atoms in total. The number of ether oxygens (including phenoxy) is 2. The van der Waals surface area contributed by atoms with Gasteiger partial charge in [-0.1, -0.05) is 94.8 Å². The number of benzene rings is 4. The minimum Gasteiger partial charge on any atom is -0.453 e. The lowest BCUT2D eigenvalue weighted by molar-refractivity contribution is -0.118. The summed E-state index contributed by atoms with van der Waals surface area (Å²) in [6.45, 7) is 1.61. The number of morpholine rings is 1. The molecule has 9 heteroatoms. The fourth-order valence-electron chi connectivity index (χ4n) is 5.53. The van der Waals surface area contributed by atoms with Crippen LogP contribution in [0.4, 0.5) is 10.5 Å². The molecule has 5 rings (SSSR count). The van der Waals surface area contributed by atoms with Gasteiger partial charge in [0.1, 0.15) is 6.04 Å². The smallest absolute Gasteiger partial charge is 0.407 e. The maximum Gasteiger partial charge on any atom is 0.407 e. The van der Waals surface area contributed by atoms with Crippen LogP contribution in [0.2, 0.25) is 0 Å². The fourth-order valence-corrected chi connectivity index (χ4v) is 6.70. The second-order valence-electron chi connectivity index (χ2n) is 10.9. The van der Waals surface area contributed by atoms with E-state index in [9.17, 15) is 9.59 Å². The molecule has 1 heterocycles. The van der Waals surface area contributed by atoms with Crippen molar-refractivity contribution in [3.8, 4) is 0 Å². The molecule has 0 unspecified atom stereocenters. The molecule has 0 spiro atoms. The van der Waals surface area contributed by atoms with Crippen LogP contribution in [0.3, 0.4) is 0 Å². The van der Waals surface area contributed by atoms with E-state index in [0.717, 1.165) is 52.8 Å². The van der Waals surface area contributed by atoms with E-state index >= 15 is 0 Å². The summed E-state index contributed by atoms with van der Waals surface area (Å²) in [4.78, 5) is 27.8. The van der Waals surface area contributed by atoms with Crippen LogP contribution in [0.1, 0.15) is 29.0 Å². The summed E-state index contributed by atoms with van der Waals surface area (Å²) < 4.78 is 12.5. The SMILES string of the molecule is COC(=O)N[C@H](C(=O)Nc1ccccc1CC[C@@H]1CNC[C@@H](CSc2ccc(Br)cc2)O1)C(c1ccccc1)c1ccccc1. The molecule has 0 aromatic heterocycles. The molecule has 0 aliphatic carbocycles. The first-order chi connectivity index (χ1) is 22.0. The Bertz CT molecular complexity index is 1490. The average molecular weight is 689 g/mol. The molecule has 0 saturated carbocycles. The van der Waals surface area contributed by atoms with Crippen molar-refractivity contribution in [2.24, 2.45) is 0 Å². The topological polar surface area (TPSA) is 88.7 Å². The van der Waals surface area contributed by atoms with Crippen molar-refractivity contribution in [2.75, 3.05) is 31.3 Å². The van der Waals surface area contributed by atoms with Crippen LogP contribution in [0.25, 0.3) is 0 Å². The van der Waals surface area contributed by atoms with E-state index in [1.54, 1.807) is 11.8 Å². The van der Waals surface area contributed by atoms with Crippen LogP contribution in [-0.4, -0.2) is 56.2 Å². The van der Waals surface area contributed by atoms with Gasteiger partial charge in [0.15, 0.2) is 0 Å². The first-order valence-electron chi connectivity index (χ1n) is 15.1. The van der Waals surface area contributed by atoms with Gasteiger partial charge in [0, 0.05) is 39.8 Å². The number of alkyl carbamates (subject to hydrolysis) is 1. The molecule has 45 heavy (non-hydrogen) atoms. The number of amides is 2. The average Bonchev–Trinajstić information content (AvgIpc) is 3.08. The van der Waals surface area contributed by atoms with Gasteiger partial charge in [0.2, 0.25) is 5.91 Å². The molecule has 3 N–H and O–H groups in total. The zero-order chi connectivity index (χ0) is 31.4. The highest BCUT2D eigenvalue weighted by molar-refractivity contribution is 9.10. The molecule has 0 bridgehead atoms. The van der Waals surface area contributed by atoms with Gasteiger partial charge in [0.25, 0.3) is 0 Å². The van der Waals surface area contributed by atoms with Gasteiger partial charge < -0.3 is 25.4 Å². The number of rotatable bonds is 12. The van der Waals surface area contributed by atoms with Gasteiger partial charge in [0.05, 0.1) is 19.3 Å². The summed E-state index contributed by atoms with van der Waals surface area (Å²) in [6, 6.07) is 34.7. The van der Waals surface area contributed by atoms with Crippen LogP contribution in [0.15, 0.2) is 119 Å². The second kappa shape index (κ2) is 16.6. The van der Waals surface area contributed by atoms with Gasteiger partial charge >= 0.3 is 6.09 Å². The van der Waals surface area contributed by atoms with E-state index in [1.807, 2.05) is 84.9 Å². The highest BCUT2D eigenvalue weighted by Gasteiger charge is 2.33. The number of carbonyl (C=O) groups excluding carboxylic acids is 2. The lowest BCUT2D eigenvalue weighted by Crippen LogP contribution is -2.48. The molecule has 3 atom stereocenters. The number of hydrogen-bond donors (Lipinski definition) is 3. The number of nitrogens with one attached hydrogen (secondary N) is 3. The summed E-state index contributed by atoms with van der Waals surface area (Å²) in [5.41, 5.74) is 3.53. The normalized spacial score (nSPS) is 17.0. The number of aryl methyl sites for hydroxylation is 1. The van der Waals surface area contributed by atoms with Gasteiger partial charge in [-0.25, -0.2) is 4.79 Å². The van der Waals surface area contributed by atoms with E-state index < -0.39 is 18.1 Å². The van der Waals surface area contributed by atoms with E-state index in [-0.39, 0.29) is 18.1 Å². The summed E-state index contributed by atoms with van der Waals surface area (Å²) >= 11 is 5.29. The number of thioether (sulfide) groups is 1. The zero-order valence-corrected chi connectivity index (χ0v) is 27.6. The highest BCUT2D eigenvalue weighted by Crippen LogP contribution is 2.30. The summed E-state index contributed by atoms with van der Waals surface area (Å²) in [7, 11) is 1.30. The molecule has 1 fully saturated rings. The van der Waals surface area contributed by atoms with Crippen molar-refractivity contribution in [3.63, 3.8) is 0 Å². The number of carbonyl (C=O) groups is 2. The Morgan fingerprint density at radius 2 is 1.51 bits per heavy atom. The molecule has 4 aromatic carbocycles. The third-order valence-electron chi connectivity index (χ3n) is 7.78. The maximum absolute atomic E-state index is 14.0. The first kappa shape index (κ1) is 32.8. The van der Waals surface area contributed by atoms with Crippen LogP contribution >= 0.6 is 27.7 Å². The largest absolute Gasteiger partial charge is 0.453 e. The van der Waals surface area contributed by atoms with Crippen molar-refractivity contribution in [1.29, 1.82) is 0 Å². The van der Waals surface area contributed by atoms with Gasteiger partial charge in [-0.2, -0.15) is 0 Å². The van der Waals surface area contributed by atoms with Crippen molar-refractivity contribution in [2.45, 2.75) is 41.9 Å². The van der Waals surface area contributed by atoms with Crippen LogP contribution in [0, 0.1) is 0 Å². The Morgan fingerprint density at radius 3 is 2.18 bits per heavy atom. The van der Waals surface area contributed by atoms with Crippen LogP contribution < -0.4 is 16.0 Å².